The van der Waals surface area contributed by atoms with Crippen LogP contribution in [0.2, 0.25) is 0 Å². The van der Waals surface area contributed by atoms with E-state index in [1.54, 1.807) is 0 Å². The Balaban J connectivity index is 2.18. The summed E-state index contributed by atoms with van der Waals surface area (Å²) in [5.74, 6) is -2.61. The SMILES string of the molecule is COc1c(O)cc(O)c2c1O[C@H](c1ccc(O)cc1)[C@H](OC(C)=O)C2=O. The number of carbonyl (C=O) groups excluding carboxylic acids is 2. The lowest BCUT2D eigenvalue weighted by atomic mass is 9.92. The molecule has 0 aromatic heterocycles. The van der Waals surface area contributed by atoms with Crippen LogP contribution in [0.1, 0.15) is 28.9 Å². The van der Waals surface area contributed by atoms with Crippen molar-refractivity contribution in [3.8, 4) is 28.7 Å². The van der Waals surface area contributed by atoms with E-state index in [4.69, 9.17) is 14.2 Å². The molecule has 0 spiro atoms. The number of ether oxygens (including phenoxy) is 3. The molecule has 0 fully saturated rings. The van der Waals surface area contributed by atoms with Gasteiger partial charge in [-0.3, -0.25) is 9.59 Å². The van der Waals surface area contributed by atoms with Gasteiger partial charge in [0.1, 0.15) is 17.1 Å². The van der Waals surface area contributed by atoms with Gasteiger partial charge in [-0.2, -0.15) is 0 Å². The predicted molar refractivity (Wildman–Crippen MR) is 87.7 cm³/mol. The first-order valence-electron chi connectivity index (χ1n) is 7.63. The van der Waals surface area contributed by atoms with E-state index < -0.39 is 35.5 Å². The lowest BCUT2D eigenvalue weighted by Gasteiger charge is -2.33. The maximum atomic E-state index is 12.9. The van der Waals surface area contributed by atoms with Gasteiger partial charge in [-0.25, -0.2) is 0 Å². The molecule has 1 aliphatic heterocycles. The molecule has 0 bridgehead atoms. The second-order valence-corrected chi connectivity index (χ2v) is 5.68. The molecule has 8 nitrogen and oxygen atoms in total. The first kappa shape index (κ1) is 17.4. The third-order valence-corrected chi connectivity index (χ3v) is 3.94. The van der Waals surface area contributed by atoms with E-state index in [0.717, 1.165) is 13.0 Å². The number of rotatable bonds is 3. The summed E-state index contributed by atoms with van der Waals surface area (Å²) >= 11 is 0. The Labute approximate surface area is 148 Å². The maximum Gasteiger partial charge on any atom is 0.303 e. The fraction of sp³-hybridized carbons (Fsp3) is 0.222. The number of hydrogen-bond acceptors (Lipinski definition) is 8. The number of ketones is 1. The van der Waals surface area contributed by atoms with Crippen molar-refractivity contribution in [2.75, 3.05) is 7.11 Å². The zero-order chi connectivity index (χ0) is 19.0. The number of phenolic OH excluding ortho intramolecular Hbond substituents is 3. The Kier molecular flexibility index (Phi) is 4.33. The monoisotopic (exact) mass is 360 g/mol. The van der Waals surface area contributed by atoms with Gasteiger partial charge >= 0.3 is 5.97 Å². The second kappa shape index (κ2) is 6.47. The molecule has 0 radical (unpaired) electrons. The highest BCUT2D eigenvalue weighted by Gasteiger charge is 2.44. The average Bonchev–Trinajstić information content (AvgIpc) is 2.57. The molecule has 1 aliphatic rings. The average molecular weight is 360 g/mol. The van der Waals surface area contributed by atoms with Crippen molar-refractivity contribution in [3.63, 3.8) is 0 Å². The Morgan fingerprint density at radius 3 is 2.35 bits per heavy atom. The highest BCUT2D eigenvalue weighted by atomic mass is 16.6. The summed E-state index contributed by atoms with van der Waals surface area (Å²) in [4.78, 5) is 24.4. The number of esters is 1. The van der Waals surface area contributed by atoms with E-state index in [1.165, 1.54) is 31.4 Å². The number of benzene rings is 2. The van der Waals surface area contributed by atoms with Gasteiger partial charge in [-0.05, 0) is 17.7 Å². The molecule has 2 atom stereocenters. The van der Waals surface area contributed by atoms with Crippen molar-refractivity contribution in [1.82, 2.24) is 0 Å². The van der Waals surface area contributed by atoms with Crippen molar-refractivity contribution < 1.29 is 39.1 Å². The van der Waals surface area contributed by atoms with Crippen LogP contribution in [-0.2, 0) is 9.53 Å². The number of hydrogen-bond donors (Lipinski definition) is 3. The minimum absolute atomic E-state index is 0.00759. The summed E-state index contributed by atoms with van der Waals surface area (Å²) in [6.45, 7) is 1.15. The summed E-state index contributed by atoms with van der Waals surface area (Å²) in [6, 6.07) is 6.74. The Hall–Kier alpha value is -3.42. The number of Topliss-reactive ketones (excluding diaryl/α,β-unsaturated/α-hetero) is 1. The Morgan fingerprint density at radius 1 is 1.12 bits per heavy atom. The zero-order valence-electron chi connectivity index (χ0n) is 13.9. The van der Waals surface area contributed by atoms with Gasteiger partial charge in [-0.1, -0.05) is 12.1 Å². The van der Waals surface area contributed by atoms with E-state index >= 15 is 0 Å². The van der Waals surface area contributed by atoms with Gasteiger partial charge in [0.2, 0.25) is 17.6 Å². The summed E-state index contributed by atoms with van der Waals surface area (Å²) in [7, 11) is 1.27. The van der Waals surface area contributed by atoms with Gasteiger partial charge < -0.3 is 29.5 Å². The van der Waals surface area contributed by atoms with Gasteiger partial charge in [-0.15, -0.1) is 0 Å². The van der Waals surface area contributed by atoms with Crippen LogP contribution in [0.3, 0.4) is 0 Å². The molecule has 26 heavy (non-hydrogen) atoms. The molecule has 0 amide bonds. The molecule has 3 N–H and O–H groups in total. The molecule has 0 saturated heterocycles. The molecule has 8 heteroatoms. The van der Waals surface area contributed by atoms with Crippen molar-refractivity contribution >= 4 is 11.8 Å². The van der Waals surface area contributed by atoms with Gasteiger partial charge in [0, 0.05) is 13.0 Å². The largest absolute Gasteiger partial charge is 0.508 e. The first-order chi connectivity index (χ1) is 12.3. The lowest BCUT2D eigenvalue weighted by Crippen LogP contribution is -2.39. The quantitative estimate of drug-likeness (QED) is 0.711. The minimum Gasteiger partial charge on any atom is -0.508 e. The topological polar surface area (TPSA) is 123 Å². The van der Waals surface area contributed by atoms with Crippen LogP contribution in [0.4, 0.5) is 0 Å². The predicted octanol–water partition coefficient (Wildman–Crippen LogP) is 2.06. The third-order valence-electron chi connectivity index (χ3n) is 3.94. The van der Waals surface area contributed by atoms with Gasteiger partial charge in [0.25, 0.3) is 0 Å². The van der Waals surface area contributed by atoms with Crippen molar-refractivity contribution in [2.24, 2.45) is 0 Å². The molecule has 0 aliphatic carbocycles. The van der Waals surface area contributed by atoms with Crippen LogP contribution in [0.5, 0.6) is 28.7 Å². The second-order valence-electron chi connectivity index (χ2n) is 5.68. The molecule has 136 valence electrons. The summed E-state index contributed by atoms with van der Waals surface area (Å²) in [5.41, 5.74) is 0.193. The molecule has 2 aromatic rings. The molecular formula is C18H16O8. The maximum absolute atomic E-state index is 12.9. The van der Waals surface area contributed by atoms with Gasteiger partial charge in [0.15, 0.2) is 17.6 Å². The molecule has 2 aromatic carbocycles. The number of carbonyl (C=O) groups is 2. The van der Waals surface area contributed by atoms with Crippen molar-refractivity contribution in [1.29, 1.82) is 0 Å². The number of aromatic hydroxyl groups is 3. The van der Waals surface area contributed by atoms with Crippen molar-refractivity contribution in [2.45, 2.75) is 19.1 Å². The van der Waals surface area contributed by atoms with E-state index in [0.29, 0.717) is 5.56 Å². The smallest absolute Gasteiger partial charge is 0.303 e. The van der Waals surface area contributed by atoms with Crippen LogP contribution in [0.25, 0.3) is 0 Å². The number of fused-ring (bicyclic) bond motifs is 1. The standard InChI is InChI=1S/C18H16O8/c1-8(19)25-18-14(23)13-11(21)7-12(22)16(24-2)17(13)26-15(18)9-3-5-10(20)6-4-9/h3-7,15,18,20-22H,1-2H3/t15-,18-/m1/s1. The van der Waals surface area contributed by atoms with Crippen LogP contribution in [0, 0.1) is 0 Å². The van der Waals surface area contributed by atoms with Crippen molar-refractivity contribution in [3.05, 3.63) is 41.5 Å². The first-order valence-corrected chi connectivity index (χ1v) is 7.63. The Bertz CT molecular complexity index is 872. The zero-order valence-corrected chi connectivity index (χ0v) is 13.9. The van der Waals surface area contributed by atoms with Crippen LogP contribution >= 0.6 is 0 Å². The van der Waals surface area contributed by atoms with Crippen LogP contribution < -0.4 is 9.47 Å². The van der Waals surface area contributed by atoms with E-state index in [2.05, 4.69) is 0 Å². The molecular weight excluding hydrogens is 344 g/mol. The fourth-order valence-corrected chi connectivity index (χ4v) is 2.83. The van der Waals surface area contributed by atoms with Crippen LogP contribution in [0.15, 0.2) is 30.3 Å². The van der Waals surface area contributed by atoms with E-state index in [1.807, 2.05) is 0 Å². The third kappa shape index (κ3) is 2.85. The fourth-order valence-electron chi connectivity index (χ4n) is 2.83. The van der Waals surface area contributed by atoms with Gasteiger partial charge in [0.05, 0.1) is 7.11 Å². The Morgan fingerprint density at radius 2 is 1.77 bits per heavy atom. The number of phenols is 3. The van der Waals surface area contributed by atoms with E-state index in [9.17, 15) is 24.9 Å². The van der Waals surface area contributed by atoms with E-state index in [-0.39, 0.29) is 22.8 Å². The highest BCUT2D eigenvalue weighted by Crippen LogP contribution is 2.50. The number of methoxy groups -OCH3 is 1. The summed E-state index contributed by atoms with van der Waals surface area (Å²) in [5, 5.41) is 29.5. The summed E-state index contributed by atoms with van der Waals surface area (Å²) in [6.07, 6.45) is -2.42. The molecule has 1 heterocycles. The molecule has 0 unspecified atom stereocenters. The summed E-state index contributed by atoms with van der Waals surface area (Å²) < 4.78 is 16.0. The van der Waals surface area contributed by atoms with Crippen LogP contribution in [-0.4, -0.2) is 40.3 Å². The lowest BCUT2D eigenvalue weighted by molar-refractivity contribution is -0.148. The minimum atomic E-state index is -1.36. The molecule has 0 saturated carbocycles. The molecule has 3 rings (SSSR count). The normalized spacial score (nSPS) is 18.6. The highest BCUT2D eigenvalue weighted by molar-refractivity contribution is 6.07.